The highest BCUT2D eigenvalue weighted by molar-refractivity contribution is 5.89. The molecular weight excluding hydrogens is 352 g/mol. The van der Waals surface area contributed by atoms with Crippen molar-refractivity contribution in [3.8, 4) is 0 Å². The maximum atomic E-state index is 13.3. The molecule has 2 aliphatic carbocycles. The lowest BCUT2D eigenvalue weighted by Crippen LogP contribution is -2.66. The van der Waals surface area contributed by atoms with E-state index in [9.17, 15) is 15.0 Å². The van der Waals surface area contributed by atoms with E-state index in [0.717, 1.165) is 0 Å². The summed E-state index contributed by atoms with van der Waals surface area (Å²) in [5, 5.41) is 23.2. The molecule has 4 aliphatic heterocycles. The second kappa shape index (κ2) is 4.38. The zero-order chi connectivity index (χ0) is 19.2. The number of carbonyl (C=O) groups is 1. The fraction of sp³-hybridized carbons (Fsp3) is 0.950. The van der Waals surface area contributed by atoms with E-state index in [1.807, 2.05) is 6.92 Å². The van der Waals surface area contributed by atoms with Crippen molar-refractivity contribution < 1.29 is 34.0 Å². The summed E-state index contributed by atoms with van der Waals surface area (Å²) < 4.78 is 24.3. The van der Waals surface area contributed by atoms with Gasteiger partial charge in [0.1, 0.15) is 11.7 Å². The highest BCUT2D eigenvalue weighted by Gasteiger charge is 2.99. The molecular formula is C20H28O7. The van der Waals surface area contributed by atoms with E-state index in [0.29, 0.717) is 19.4 Å². The van der Waals surface area contributed by atoms with Crippen molar-refractivity contribution in [1.82, 2.24) is 0 Å². The molecule has 27 heavy (non-hydrogen) atoms. The normalized spacial score (nSPS) is 63.1. The Kier molecular flexibility index (Phi) is 2.79. The molecule has 2 N–H and O–H groups in total. The van der Waals surface area contributed by atoms with Gasteiger partial charge in [-0.05, 0) is 24.2 Å². The third-order valence-electron chi connectivity index (χ3n) is 9.05. The molecule has 4 heterocycles. The standard InChI is InChI=1S/C20H28O7/c1-9-7-24-13-6-17-12-5-10(16(2,3)4)18(17)11(21)8-25-15(18)27-20(17,14(22)26-12)19(9,13)23/h9-13,15,21,23H,5-8H2,1-4H3/t9-,10+,11+,12?,13?,15?,17?,18?,19-,20?/m1/s1. The molecule has 0 bridgehead atoms. The quantitative estimate of drug-likeness (QED) is 0.595. The Balaban J connectivity index is 1.67. The maximum absolute atomic E-state index is 13.3. The number of rotatable bonds is 0. The summed E-state index contributed by atoms with van der Waals surface area (Å²) in [5.74, 6) is -0.744. The molecule has 6 rings (SSSR count). The summed E-state index contributed by atoms with van der Waals surface area (Å²) >= 11 is 0. The average molecular weight is 380 g/mol. The predicted molar refractivity (Wildman–Crippen MR) is 90.3 cm³/mol. The molecule has 0 aromatic rings. The zero-order valence-corrected chi connectivity index (χ0v) is 16.2. The lowest BCUT2D eigenvalue weighted by molar-refractivity contribution is -0.239. The van der Waals surface area contributed by atoms with Crippen LogP contribution >= 0.6 is 0 Å². The molecule has 6 fully saturated rings. The Morgan fingerprint density at radius 2 is 1.89 bits per heavy atom. The first-order chi connectivity index (χ1) is 12.6. The number of hydrogen-bond acceptors (Lipinski definition) is 7. The van der Waals surface area contributed by atoms with Gasteiger partial charge >= 0.3 is 5.97 Å². The molecule has 7 nitrogen and oxygen atoms in total. The van der Waals surface area contributed by atoms with Crippen LogP contribution in [0.5, 0.6) is 0 Å². The molecule has 7 heteroatoms. The Bertz CT molecular complexity index is 747. The fourth-order valence-electron chi connectivity index (χ4n) is 8.29. The van der Waals surface area contributed by atoms with Crippen LogP contribution in [0.1, 0.15) is 40.5 Å². The van der Waals surface area contributed by atoms with Crippen LogP contribution in [-0.4, -0.2) is 65.2 Å². The molecule has 2 spiro atoms. The number of ether oxygens (including phenoxy) is 4. The van der Waals surface area contributed by atoms with Gasteiger partial charge in [-0.2, -0.15) is 0 Å². The number of carbonyl (C=O) groups excluding carboxylic acids is 1. The van der Waals surface area contributed by atoms with E-state index in [1.165, 1.54) is 0 Å². The minimum atomic E-state index is -1.53. The van der Waals surface area contributed by atoms with Gasteiger partial charge < -0.3 is 29.2 Å². The highest BCUT2D eigenvalue weighted by Crippen LogP contribution is 2.84. The van der Waals surface area contributed by atoms with E-state index in [-0.39, 0.29) is 23.9 Å². The Morgan fingerprint density at radius 3 is 2.59 bits per heavy atom. The van der Waals surface area contributed by atoms with Gasteiger partial charge in [0, 0.05) is 5.92 Å². The second-order valence-corrected chi connectivity index (χ2v) is 10.7. The molecule has 10 atom stereocenters. The Morgan fingerprint density at radius 1 is 1.15 bits per heavy atom. The van der Waals surface area contributed by atoms with Crippen molar-refractivity contribution in [2.75, 3.05) is 13.2 Å². The fourth-order valence-corrected chi connectivity index (χ4v) is 8.29. The van der Waals surface area contributed by atoms with Crippen LogP contribution in [0.4, 0.5) is 0 Å². The van der Waals surface area contributed by atoms with Crippen molar-refractivity contribution in [3.05, 3.63) is 0 Å². The average Bonchev–Trinajstić information content (AvgIpc) is 3.30. The summed E-state index contributed by atoms with van der Waals surface area (Å²) in [6.45, 7) is 8.90. The number of hydrogen-bond donors (Lipinski definition) is 2. The third-order valence-corrected chi connectivity index (χ3v) is 9.05. The SMILES string of the molecule is C[C@@H]1COC2CC34C5C[C@@H](C(C)(C)C)C36C(OC[C@@H]6O)OC4(C(=O)O5)[C@]21O. The maximum Gasteiger partial charge on any atom is 0.342 e. The summed E-state index contributed by atoms with van der Waals surface area (Å²) in [7, 11) is 0. The minimum Gasteiger partial charge on any atom is -0.459 e. The smallest absolute Gasteiger partial charge is 0.342 e. The van der Waals surface area contributed by atoms with Crippen molar-refractivity contribution in [2.24, 2.45) is 28.1 Å². The number of aliphatic hydroxyl groups is 2. The molecule has 0 amide bonds. The van der Waals surface area contributed by atoms with Crippen molar-refractivity contribution in [3.63, 3.8) is 0 Å². The van der Waals surface area contributed by atoms with Gasteiger partial charge in [-0.15, -0.1) is 0 Å². The molecule has 2 saturated carbocycles. The van der Waals surface area contributed by atoms with Gasteiger partial charge in [0.15, 0.2) is 6.29 Å². The van der Waals surface area contributed by atoms with Gasteiger partial charge in [-0.1, -0.05) is 27.7 Å². The van der Waals surface area contributed by atoms with Gasteiger partial charge in [-0.3, -0.25) is 0 Å². The summed E-state index contributed by atoms with van der Waals surface area (Å²) in [6.07, 6.45) is -1.28. The van der Waals surface area contributed by atoms with E-state index in [1.54, 1.807) is 0 Å². The van der Waals surface area contributed by atoms with Crippen molar-refractivity contribution >= 4 is 5.97 Å². The minimum absolute atomic E-state index is 0.0326. The Labute approximate surface area is 158 Å². The van der Waals surface area contributed by atoms with Gasteiger partial charge in [-0.25, -0.2) is 4.79 Å². The molecule has 150 valence electrons. The summed E-state index contributed by atoms with van der Waals surface area (Å²) in [6, 6.07) is 0. The molecule has 0 aromatic carbocycles. The van der Waals surface area contributed by atoms with Crippen LogP contribution in [0, 0.1) is 28.1 Å². The topological polar surface area (TPSA) is 94.5 Å². The van der Waals surface area contributed by atoms with Crippen LogP contribution in [0.25, 0.3) is 0 Å². The van der Waals surface area contributed by atoms with Crippen molar-refractivity contribution in [2.45, 2.75) is 76.3 Å². The number of aliphatic hydroxyl groups excluding tert-OH is 1. The first-order valence-corrected chi connectivity index (χ1v) is 10.1. The largest absolute Gasteiger partial charge is 0.459 e. The Hall–Kier alpha value is -0.730. The second-order valence-electron chi connectivity index (χ2n) is 10.7. The van der Waals surface area contributed by atoms with Gasteiger partial charge in [0.2, 0.25) is 5.60 Å². The number of esters is 1. The van der Waals surface area contributed by atoms with Crippen molar-refractivity contribution in [1.29, 1.82) is 0 Å². The molecule has 0 radical (unpaired) electrons. The van der Waals surface area contributed by atoms with Crippen LogP contribution in [0.15, 0.2) is 0 Å². The highest BCUT2D eigenvalue weighted by atomic mass is 16.7. The number of fused-ring (bicyclic) bond motifs is 1. The lowest BCUT2D eigenvalue weighted by atomic mass is 9.51. The van der Waals surface area contributed by atoms with Crippen LogP contribution in [0.3, 0.4) is 0 Å². The third kappa shape index (κ3) is 1.31. The molecule has 4 saturated heterocycles. The van der Waals surface area contributed by atoms with E-state index in [4.69, 9.17) is 18.9 Å². The van der Waals surface area contributed by atoms with E-state index < -0.39 is 52.6 Å². The zero-order valence-electron chi connectivity index (χ0n) is 16.2. The first-order valence-electron chi connectivity index (χ1n) is 10.1. The monoisotopic (exact) mass is 380 g/mol. The summed E-state index contributed by atoms with van der Waals surface area (Å²) in [5.41, 5.74) is -4.76. The summed E-state index contributed by atoms with van der Waals surface area (Å²) in [4.78, 5) is 13.3. The van der Waals surface area contributed by atoms with Crippen LogP contribution < -0.4 is 0 Å². The van der Waals surface area contributed by atoms with E-state index >= 15 is 0 Å². The molecule has 0 aromatic heterocycles. The van der Waals surface area contributed by atoms with Crippen LogP contribution in [-0.2, 0) is 23.7 Å². The van der Waals surface area contributed by atoms with Gasteiger partial charge in [0.05, 0.1) is 36.3 Å². The molecule has 6 unspecified atom stereocenters. The first kappa shape index (κ1) is 17.2. The van der Waals surface area contributed by atoms with E-state index in [2.05, 4.69) is 20.8 Å². The van der Waals surface area contributed by atoms with Gasteiger partial charge in [0.25, 0.3) is 0 Å². The lowest BCUT2D eigenvalue weighted by Gasteiger charge is -2.48. The van der Waals surface area contributed by atoms with Crippen LogP contribution in [0.2, 0.25) is 0 Å². The molecule has 6 aliphatic rings. The predicted octanol–water partition coefficient (Wildman–Crippen LogP) is 0.606.